The van der Waals surface area contributed by atoms with Crippen LogP contribution in [0.1, 0.15) is 31.0 Å². The van der Waals surface area contributed by atoms with E-state index < -0.39 is 17.7 Å². The van der Waals surface area contributed by atoms with Gasteiger partial charge in [0, 0.05) is 24.5 Å². The molecule has 8 heteroatoms. The molecule has 2 heterocycles. The minimum atomic E-state index is -0.780. The highest BCUT2D eigenvalue weighted by molar-refractivity contribution is 6.46. The van der Waals surface area contributed by atoms with Crippen LogP contribution in [0.3, 0.4) is 0 Å². The van der Waals surface area contributed by atoms with E-state index in [9.17, 15) is 14.7 Å². The topological polar surface area (TPSA) is 98.2 Å². The number of aromatic nitrogens is 1. The van der Waals surface area contributed by atoms with E-state index in [2.05, 4.69) is 4.98 Å². The molecule has 1 aromatic heterocycles. The second-order valence-corrected chi connectivity index (χ2v) is 7.27. The van der Waals surface area contributed by atoms with Crippen LogP contribution >= 0.6 is 0 Å². The molecule has 31 heavy (non-hydrogen) atoms. The summed E-state index contributed by atoms with van der Waals surface area (Å²) in [6.45, 7) is 4.25. The number of ether oxygens (including phenoxy) is 3. The highest BCUT2D eigenvalue weighted by Crippen LogP contribution is 2.40. The molecule has 2 aromatic rings. The van der Waals surface area contributed by atoms with Crippen LogP contribution in [0.2, 0.25) is 0 Å². The lowest BCUT2D eigenvalue weighted by atomic mass is 9.96. The van der Waals surface area contributed by atoms with Crippen molar-refractivity contribution in [2.75, 3.05) is 27.4 Å². The van der Waals surface area contributed by atoms with Crippen molar-refractivity contribution in [2.45, 2.75) is 26.0 Å². The summed E-state index contributed by atoms with van der Waals surface area (Å²) >= 11 is 0. The first kappa shape index (κ1) is 22.3. The van der Waals surface area contributed by atoms with E-state index in [1.807, 2.05) is 13.8 Å². The summed E-state index contributed by atoms with van der Waals surface area (Å²) in [5.41, 5.74) is 0.950. The third-order valence-electron chi connectivity index (χ3n) is 4.98. The average Bonchev–Trinajstić information content (AvgIpc) is 3.03. The number of aliphatic hydroxyl groups is 1. The maximum atomic E-state index is 13.0. The molecule has 3 rings (SSSR count). The molecule has 0 bridgehead atoms. The average molecular weight is 426 g/mol. The number of benzene rings is 1. The lowest BCUT2D eigenvalue weighted by Gasteiger charge is -2.25. The van der Waals surface area contributed by atoms with Gasteiger partial charge >= 0.3 is 0 Å². The summed E-state index contributed by atoms with van der Waals surface area (Å²) in [5, 5.41) is 11.1. The molecule has 0 saturated carbocycles. The molecular weight excluding hydrogens is 400 g/mol. The second-order valence-electron chi connectivity index (χ2n) is 7.27. The van der Waals surface area contributed by atoms with Crippen LogP contribution in [0.4, 0.5) is 0 Å². The number of pyridine rings is 1. The fourth-order valence-corrected chi connectivity index (χ4v) is 3.52. The Morgan fingerprint density at radius 1 is 1.16 bits per heavy atom. The van der Waals surface area contributed by atoms with Gasteiger partial charge in [-0.2, -0.15) is 0 Å². The lowest BCUT2D eigenvalue weighted by molar-refractivity contribution is -0.140. The van der Waals surface area contributed by atoms with E-state index in [0.29, 0.717) is 22.6 Å². The minimum Gasteiger partial charge on any atom is -0.507 e. The monoisotopic (exact) mass is 426 g/mol. The molecule has 1 amide bonds. The fraction of sp³-hybridized carbons (Fsp3) is 0.348. The van der Waals surface area contributed by atoms with Crippen LogP contribution in [0.5, 0.6) is 11.5 Å². The molecule has 1 N–H and O–H groups in total. The first-order chi connectivity index (χ1) is 14.9. The van der Waals surface area contributed by atoms with Gasteiger partial charge < -0.3 is 24.2 Å². The molecule has 1 aromatic carbocycles. The van der Waals surface area contributed by atoms with Crippen molar-refractivity contribution in [2.24, 2.45) is 0 Å². The summed E-state index contributed by atoms with van der Waals surface area (Å²) < 4.78 is 16.1. The van der Waals surface area contributed by atoms with Crippen LogP contribution in [0.15, 0.2) is 48.3 Å². The molecule has 1 saturated heterocycles. The lowest BCUT2D eigenvalue weighted by Crippen LogP contribution is -2.33. The van der Waals surface area contributed by atoms with Gasteiger partial charge in [0.2, 0.25) is 0 Å². The number of ketones is 1. The molecule has 0 aliphatic carbocycles. The van der Waals surface area contributed by atoms with Crippen LogP contribution in [0.25, 0.3) is 5.76 Å². The smallest absolute Gasteiger partial charge is 0.295 e. The van der Waals surface area contributed by atoms with E-state index in [0.717, 1.165) is 0 Å². The Bertz CT molecular complexity index is 987. The molecule has 1 aliphatic heterocycles. The Hall–Kier alpha value is -3.39. The SMILES string of the molecule is COc1ccc(/C(O)=C2/C(=O)C(=O)N(CCOC(C)C)C2c2cccnc2)cc1OC. The Balaban J connectivity index is 2.09. The van der Waals surface area contributed by atoms with E-state index >= 15 is 0 Å². The van der Waals surface area contributed by atoms with E-state index in [1.54, 1.807) is 42.7 Å². The van der Waals surface area contributed by atoms with Crippen LogP contribution in [-0.4, -0.2) is 60.2 Å². The number of Topliss-reactive ketones (excluding diaryl/α,β-unsaturated/α-hetero) is 1. The van der Waals surface area contributed by atoms with Gasteiger partial charge in [-0.3, -0.25) is 14.6 Å². The number of rotatable bonds is 8. The molecule has 1 aliphatic rings. The van der Waals surface area contributed by atoms with Gasteiger partial charge in [0.05, 0.1) is 38.5 Å². The molecule has 1 atom stereocenters. The van der Waals surface area contributed by atoms with Crippen molar-refractivity contribution in [3.8, 4) is 11.5 Å². The van der Waals surface area contributed by atoms with Crippen LogP contribution in [-0.2, 0) is 14.3 Å². The number of amides is 1. The third kappa shape index (κ3) is 4.54. The number of likely N-dealkylation sites (tertiary alicyclic amines) is 1. The van der Waals surface area contributed by atoms with Crippen LogP contribution < -0.4 is 9.47 Å². The quantitative estimate of drug-likeness (QED) is 0.394. The normalized spacial score (nSPS) is 18.0. The van der Waals surface area contributed by atoms with E-state index in [1.165, 1.54) is 19.1 Å². The zero-order chi connectivity index (χ0) is 22.5. The van der Waals surface area contributed by atoms with Crippen LogP contribution in [0, 0.1) is 0 Å². The van der Waals surface area contributed by atoms with Gasteiger partial charge in [0.15, 0.2) is 11.5 Å². The number of methoxy groups -OCH3 is 2. The number of hydrogen-bond donors (Lipinski definition) is 1. The van der Waals surface area contributed by atoms with Gasteiger partial charge in [0.25, 0.3) is 11.7 Å². The van der Waals surface area contributed by atoms with E-state index in [4.69, 9.17) is 14.2 Å². The van der Waals surface area contributed by atoms with Crippen molar-refractivity contribution in [3.05, 3.63) is 59.4 Å². The van der Waals surface area contributed by atoms with Gasteiger partial charge in [-0.05, 0) is 43.7 Å². The summed E-state index contributed by atoms with van der Waals surface area (Å²) in [5.74, 6) is -0.868. The minimum absolute atomic E-state index is 0.00485. The Kier molecular flexibility index (Phi) is 6.91. The summed E-state index contributed by atoms with van der Waals surface area (Å²) in [4.78, 5) is 31.3. The van der Waals surface area contributed by atoms with Gasteiger partial charge in [-0.15, -0.1) is 0 Å². The van der Waals surface area contributed by atoms with Crippen molar-refractivity contribution in [1.29, 1.82) is 0 Å². The van der Waals surface area contributed by atoms with Gasteiger partial charge in [-0.1, -0.05) is 6.07 Å². The first-order valence-electron chi connectivity index (χ1n) is 9.91. The Morgan fingerprint density at radius 2 is 1.90 bits per heavy atom. The maximum Gasteiger partial charge on any atom is 0.295 e. The zero-order valence-electron chi connectivity index (χ0n) is 18.0. The van der Waals surface area contributed by atoms with Crippen molar-refractivity contribution >= 4 is 17.4 Å². The predicted octanol–water partition coefficient (Wildman–Crippen LogP) is 2.95. The summed E-state index contributed by atoms with van der Waals surface area (Å²) in [6.07, 6.45) is 3.17. The maximum absolute atomic E-state index is 13.0. The number of carbonyl (C=O) groups excluding carboxylic acids is 2. The molecule has 8 nitrogen and oxygen atoms in total. The standard InChI is InChI=1S/C23H26N2O6/c1-14(2)31-11-10-25-20(16-6-5-9-24-13-16)19(22(27)23(25)28)21(26)15-7-8-17(29-3)18(12-15)30-4/h5-9,12-14,20,26H,10-11H2,1-4H3/b21-19-. The Labute approximate surface area is 181 Å². The summed E-state index contributed by atoms with van der Waals surface area (Å²) in [7, 11) is 2.98. The Morgan fingerprint density at radius 3 is 2.52 bits per heavy atom. The number of nitrogens with zero attached hydrogens (tertiary/aromatic N) is 2. The molecule has 1 fully saturated rings. The van der Waals surface area contributed by atoms with E-state index in [-0.39, 0.29) is 30.6 Å². The molecule has 1 unspecified atom stereocenters. The second kappa shape index (κ2) is 9.61. The predicted molar refractivity (Wildman–Crippen MR) is 114 cm³/mol. The first-order valence-corrected chi connectivity index (χ1v) is 9.91. The molecular formula is C23H26N2O6. The van der Waals surface area contributed by atoms with Crippen molar-refractivity contribution in [1.82, 2.24) is 9.88 Å². The molecule has 0 spiro atoms. The van der Waals surface area contributed by atoms with Gasteiger partial charge in [-0.25, -0.2) is 0 Å². The van der Waals surface area contributed by atoms with Crippen molar-refractivity contribution in [3.63, 3.8) is 0 Å². The third-order valence-corrected chi connectivity index (χ3v) is 4.98. The molecule has 0 radical (unpaired) electrons. The molecule has 164 valence electrons. The number of aliphatic hydroxyl groups excluding tert-OH is 1. The van der Waals surface area contributed by atoms with Gasteiger partial charge in [0.1, 0.15) is 5.76 Å². The largest absolute Gasteiger partial charge is 0.507 e. The summed E-state index contributed by atoms with van der Waals surface area (Å²) in [6, 6.07) is 7.49. The highest BCUT2D eigenvalue weighted by Gasteiger charge is 2.46. The number of hydrogen-bond acceptors (Lipinski definition) is 7. The van der Waals surface area contributed by atoms with Crippen molar-refractivity contribution < 1.29 is 28.9 Å². The number of carbonyl (C=O) groups is 2. The fourth-order valence-electron chi connectivity index (χ4n) is 3.52. The highest BCUT2D eigenvalue weighted by atomic mass is 16.5. The zero-order valence-corrected chi connectivity index (χ0v) is 18.0.